The van der Waals surface area contributed by atoms with Gasteiger partial charge in [-0.15, -0.1) is 0 Å². The van der Waals surface area contributed by atoms with Crippen LogP contribution in [0.15, 0.2) is 18.3 Å². The maximum atomic E-state index is 12.0. The minimum Gasteiger partial charge on any atom is -0.367 e. The van der Waals surface area contributed by atoms with Crippen LogP contribution in [-0.2, 0) is 7.05 Å². The number of pyridine rings is 1. The van der Waals surface area contributed by atoms with Crippen LogP contribution in [0.3, 0.4) is 0 Å². The van der Waals surface area contributed by atoms with Crippen molar-refractivity contribution in [3.63, 3.8) is 0 Å². The molecule has 2 aromatic heterocycles. The zero-order valence-electron chi connectivity index (χ0n) is 11.5. The predicted octanol–water partition coefficient (Wildman–Crippen LogP) is 3.88. The number of rotatable bonds is 5. The molecule has 0 aliphatic carbocycles. The largest absolute Gasteiger partial charge is 0.367 e. The van der Waals surface area contributed by atoms with Gasteiger partial charge in [0, 0.05) is 26.3 Å². The highest BCUT2D eigenvalue weighted by atomic mass is 35.5. The summed E-state index contributed by atoms with van der Waals surface area (Å²) in [4.78, 5) is 16.1. The fraction of sp³-hybridized carbons (Fsp3) is 0.231. The molecule has 2 heterocycles. The van der Waals surface area contributed by atoms with E-state index >= 15 is 0 Å². The fourth-order valence-electron chi connectivity index (χ4n) is 1.75. The number of halogens is 4. The Morgan fingerprint density at radius 2 is 1.91 bits per heavy atom. The molecule has 0 aliphatic rings. The second-order valence-electron chi connectivity index (χ2n) is 4.39. The normalized spacial score (nSPS) is 10.6. The van der Waals surface area contributed by atoms with Crippen LogP contribution in [0.1, 0.15) is 10.5 Å². The van der Waals surface area contributed by atoms with E-state index in [4.69, 9.17) is 46.4 Å². The number of nitrogens with zero attached hydrogens (tertiary/aromatic N) is 2. The van der Waals surface area contributed by atoms with Gasteiger partial charge in [0.2, 0.25) is 0 Å². The van der Waals surface area contributed by atoms with Crippen molar-refractivity contribution >= 4 is 58.1 Å². The minimum atomic E-state index is -0.270. The third kappa shape index (κ3) is 3.98. The monoisotopic (exact) mass is 380 g/mol. The molecular weight excluding hydrogens is 370 g/mol. The van der Waals surface area contributed by atoms with E-state index in [1.54, 1.807) is 13.1 Å². The standard InChI is InChI=1S/C13H12Cl4N4O/c1-21-10(5-8(15)11(21)17)13(22)19-3-2-18-12-9(16)4-7(14)6-20-12/h4-6H,2-3H2,1H3,(H,18,20)(H,19,22). The number of hydrogen-bond donors (Lipinski definition) is 2. The molecule has 2 rings (SSSR count). The molecule has 0 atom stereocenters. The SMILES string of the molecule is Cn1c(C(=O)NCCNc2ncc(Cl)cc2Cl)cc(Cl)c1Cl. The van der Waals surface area contributed by atoms with Crippen molar-refractivity contribution in [2.45, 2.75) is 0 Å². The number of anilines is 1. The molecule has 0 aromatic carbocycles. The molecule has 0 saturated heterocycles. The molecule has 0 saturated carbocycles. The molecule has 0 unspecified atom stereocenters. The Kier molecular flexibility index (Phi) is 5.81. The second-order valence-corrected chi connectivity index (χ2v) is 6.00. The second kappa shape index (κ2) is 7.42. The van der Waals surface area contributed by atoms with Crippen LogP contribution >= 0.6 is 46.4 Å². The number of amides is 1. The Morgan fingerprint density at radius 1 is 1.18 bits per heavy atom. The van der Waals surface area contributed by atoms with E-state index in [1.165, 1.54) is 16.8 Å². The van der Waals surface area contributed by atoms with Gasteiger partial charge in [-0.25, -0.2) is 4.98 Å². The Morgan fingerprint density at radius 3 is 2.50 bits per heavy atom. The Bertz CT molecular complexity index is 702. The average molecular weight is 382 g/mol. The summed E-state index contributed by atoms with van der Waals surface area (Å²) in [5.74, 6) is 0.235. The third-order valence-electron chi connectivity index (χ3n) is 2.86. The van der Waals surface area contributed by atoms with Crippen molar-refractivity contribution in [2.24, 2.45) is 7.05 Å². The highest BCUT2D eigenvalue weighted by Gasteiger charge is 2.15. The number of nitrogens with one attached hydrogen (secondary N) is 2. The lowest BCUT2D eigenvalue weighted by molar-refractivity contribution is 0.0947. The first-order valence-corrected chi connectivity index (χ1v) is 7.75. The summed E-state index contributed by atoms with van der Waals surface area (Å²) in [5, 5.41) is 7.28. The first-order chi connectivity index (χ1) is 10.4. The quantitative estimate of drug-likeness (QED) is 0.772. The van der Waals surface area contributed by atoms with Crippen LogP contribution in [0.4, 0.5) is 5.82 Å². The first-order valence-electron chi connectivity index (χ1n) is 6.24. The van der Waals surface area contributed by atoms with Crippen molar-refractivity contribution < 1.29 is 4.79 Å². The maximum Gasteiger partial charge on any atom is 0.268 e. The lowest BCUT2D eigenvalue weighted by Gasteiger charge is -2.09. The van der Waals surface area contributed by atoms with Gasteiger partial charge < -0.3 is 15.2 Å². The summed E-state index contributed by atoms with van der Waals surface area (Å²) in [6.07, 6.45) is 1.49. The fourth-order valence-corrected chi connectivity index (χ4v) is 2.58. The van der Waals surface area contributed by atoms with E-state index < -0.39 is 0 Å². The highest BCUT2D eigenvalue weighted by molar-refractivity contribution is 6.42. The van der Waals surface area contributed by atoms with Gasteiger partial charge >= 0.3 is 0 Å². The molecule has 0 bridgehead atoms. The van der Waals surface area contributed by atoms with Crippen LogP contribution in [-0.4, -0.2) is 28.5 Å². The number of carbonyl (C=O) groups excluding carboxylic acids is 1. The van der Waals surface area contributed by atoms with Crippen LogP contribution < -0.4 is 10.6 Å². The number of aromatic nitrogens is 2. The van der Waals surface area contributed by atoms with Gasteiger partial charge in [0.15, 0.2) is 0 Å². The first kappa shape index (κ1) is 17.2. The van der Waals surface area contributed by atoms with Crippen LogP contribution in [0, 0.1) is 0 Å². The summed E-state index contributed by atoms with van der Waals surface area (Å²) in [6, 6.07) is 3.11. The van der Waals surface area contributed by atoms with Crippen molar-refractivity contribution in [3.8, 4) is 0 Å². The van der Waals surface area contributed by atoms with Gasteiger partial charge in [0.05, 0.1) is 15.1 Å². The van der Waals surface area contributed by atoms with E-state index in [0.29, 0.717) is 44.8 Å². The molecule has 1 amide bonds. The summed E-state index contributed by atoms with van der Waals surface area (Å²) in [7, 11) is 1.67. The molecule has 2 aromatic rings. The van der Waals surface area contributed by atoms with E-state index in [1.807, 2.05) is 0 Å². The molecule has 0 aliphatic heterocycles. The molecule has 118 valence electrons. The van der Waals surface area contributed by atoms with Crippen LogP contribution in [0.2, 0.25) is 20.2 Å². The van der Waals surface area contributed by atoms with E-state index in [-0.39, 0.29) is 5.91 Å². The number of carbonyl (C=O) groups is 1. The zero-order valence-corrected chi connectivity index (χ0v) is 14.5. The summed E-state index contributed by atoms with van der Waals surface area (Å²) < 4.78 is 1.52. The third-order valence-corrected chi connectivity index (χ3v) is 4.20. The van der Waals surface area contributed by atoms with Gasteiger partial charge in [-0.1, -0.05) is 46.4 Å². The maximum absolute atomic E-state index is 12.0. The molecule has 22 heavy (non-hydrogen) atoms. The molecule has 0 fully saturated rings. The summed E-state index contributed by atoms with van der Waals surface area (Å²) in [6.45, 7) is 0.825. The Balaban J connectivity index is 1.86. The molecule has 0 radical (unpaired) electrons. The van der Waals surface area contributed by atoms with E-state index in [9.17, 15) is 4.79 Å². The van der Waals surface area contributed by atoms with Gasteiger partial charge in [-0.2, -0.15) is 0 Å². The Labute approximate surface area is 147 Å². The van der Waals surface area contributed by atoms with Gasteiger partial charge in [0.25, 0.3) is 5.91 Å². The minimum absolute atomic E-state index is 0.270. The lowest BCUT2D eigenvalue weighted by atomic mass is 10.4. The molecule has 9 heteroatoms. The summed E-state index contributed by atoms with van der Waals surface area (Å²) in [5.41, 5.74) is 0.387. The van der Waals surface area contributed by atoms with Crippen molar-refractivity contribution in [1.29, 1.82) is 0 Å². The Hall–Kier alpha value is -1.14. The van der Waals surface area contributed by atoms with Crippen molar-refractivity contribution in [2.75, 3.05) is 18.4 Å². The smallest absolute Gasteiger partial charge is 0.268 e. The highest BCUT2D eigenvalue weighted by Crippen LogP contribution is 2.25. The van der Waals surface area contributed by atoms with Gasteiger partial charge in [0.1, 0.15) is 16.7 Å². The van der Waals surface area contributed by atoms with Gasteiger partial charge in [-0.05, 0) is 12.1 Å². The molecule has 2 N–H and O–H groups in total. The zero-order chi connectivity index (χ0) is 16.3. The molecule has 5 nitrogen and oxygen atoms in total. The lowest BCUT2D eigenvalue weighted by Crippen LogP contribution is -2.30. The van der Waals surface area contributed by atoms with Crippen LogP contribution in [0.5, 0.6) is 0 Å². The molecule has 0 spiro atoms. The predicted molar refractivity (Wildman–Crippen MR) is 90.5 cm³/mol. The number of hydrogen-bond acceptors (Lipinski definition) is 3. The molecular formula is C13H12Cl4N4O. The van der Waals surface area contributed by atoms with Gasteiger partial charge in [-0.3, -0.25) is 4.79 Å². The average Bonchev–Trinajstić information content (AvgIpc) is 2.73. The summed E-state index contributed by atoms with van der Waals surface area (Å²) >= 11 is 23.5. The van der Waals surface area contributed by atoms with E-state index in [0.717, 1.165) is 0 Å². The van der Waals surface area contributed by atoms with Crippen molar-refractivity contribution in [3.05, 3.63) is 44.2 Å². The van der Waals surface area contributed by atoms with Crippen molar-refractivity contribution in [1.82, 2.24) is 14.9 Å². The topological polar surface area (TPSA) is 59.0 Å². The van der Waals surface area contributed by atoms with Crippen LogP contribution in [0.25, 0.3) is 0 Å². The van der Waals surface area contributed by atoms with E-state index in [2.05, 4.69) is 15.6 Å².